The highest BCUT2D eigenvalue weighted by Gasteiger charge is 2.33. The van der Waals surface area contributed by atoms with Crippen LogP contribution < -0.4 is 18.5 Å². The average molecular weight is 771 g/mol. The Hall–Kier alpha value is -4.34. The van der Waals surface area contributed by atoms with E-state index >= 15 is 0 Å². The van der Waals surface area contributed by atoms with Crippen molar-refractivity contribution in [3.63, 3.8) is 0 Å². The summed E-state index contributed by atoms with van der Waals surface area (Å²) in [5.41, 5.74) is -0.0777. The first-order chi connectivity index (χ1) is 23.9. The van der Waals surface area contributed by atoms with E-state index in [-0.39, 0.29) is 51.7 Å². The Morgan fingerprint density at radius 1 is 1.08 bits per heavy atom. The molecule has 12 nitrogen and oxygen atoms in total. The van der Waals surface area contributed by atoms with Crippen molar-refractivity contribution in [1.29, 1.82) is 0 Å². The van der Waals surface area contributed by atoms with Gasteiger partial charge in [0.2, 0.25) is 10.0 Å². The maximum Gasteiger partial charge on any atom is 0.428 e. The van der Waals surface area contributed by atoms with Gasteiger partial charge in [0.15, 0.2) is 23.9 Å². The number of esters is 1. The summed E-state index contributed by atoms with van der Waals surface area (Å²) in [4.78, 5) is 26.9. The summed E-state index contributed by atoms with van der Waals surface area (Å²) in [6.07, 6.45) is 3.80. The maximum atomic E-state index is 13.7. The van der Waals surface area contributed by atoms with E-state index in [1.54, 1.807) is 45.0 Å². The number of aromatic nitrogens is 2. The predicted octanol–water partition coefficient (Wildman–Crippen LogP) is 7.20. The lowest BCUT2D eigenvalue weighted by Gasteiger charge is -2.25. The van der Waals surface area contributed by atoms with Gasteiger partial charge in [0, 0.05) is 23.6 Å². The Morgan fingerprint density at radius 2 is 1.75 bits per heavy atom. The van der Waals surface area contributed by atoms with Crippen LogP contribution in [0.2, 0.25) is 10.0 Å². The van der Waals surface area contributed by atoms with Gasteiger partial charge in [0.1, 0.15) is 28.3 Å². The first kappa shape index (κ1) is 37.9. The third-order valence-electron chi connectivity index (χ3n) is 7.62. The largest absolute Gasteiger partial charge is 0.619 e. The molecule has 51 heavy (non-hydrogen) atoms. The van der Waals surface area contributed by atoms with Gasteiger partial charge in [-0.15, -0.1) is 0 Å². The van der Waals surface area contributed by atoms with Gasteiger partial charge in [-0.1, -0.05) is 47.5 Å². The van der Waals surface area contributed by atoms with E-state index in [4.69, 9.17) is 37.4 Å². The summed E-state index contributed by atoms with van der Waals surface area (Å²) >= 11 is 12.7. The van der Waals surface area contributed by atoms with E-state index in [0.29, 0.717) is 25.5 Å². The van der Waals surface area contributed by atoms with Gasteiger partial charge in [0.25, 0.3) is 0 Å². The predicted molar refractivity (Wildman–Crippen MR) is 185 cm³/mol. The molecule has 0 bridgehead atoms. The molecule has 2 aromatic carbocycles. The number of nitrogens with zero attached hydrogens (tertiary/aromatic N) is 3. The molecule has 0 spiro atoms. The van der Waals surface area contributed by atoms with Crippen LogP contribution in [0.5, 0.6) is 11.5 Å². The Morgan fingerprint density at radius 3 is 2.35 bits per heavy atom. The number of para-hydroxylation sites is 1. The molecule has 2 heterocycles. The van der Waals surface area contributed by atoms with Gasteiger partial charge in [0.05, 0.1) is 24.1 Å². The first-order valence-corrected chi connectivity index (χ1v) is 18.3. The number of halogens is 4. The number of hydrogen-bond acceptors (Lipinski definition) is 9. The molecule has 1 aliphatic carbocycles. The number of rotatable bonds is 13. The number of pyridine rings is 1. The third kappa shape index (κ3) is 9.71. The number of ether oxygens (including phenoxy) is 4. The monoisotopic (exact) mass is 769 g/mol. The Labute approximate surface area is 303 Å². The maximum absolute atomic E-state index is 13.7. The van der Waals surface area contributed by atoms with Crippen LogP contribution in [0.4, 0.5) is 19.3 Å². The molecular weight excluding hydrogens is 735 g/mol. The zero-order valence-electron chi connectivity index (χ0n) is 28.0. The molecule has 0 aliphatic heterocycles. The van der Waals surface area contributed by atoms with Crippen molar-refractivity contribution in [1.82, 2.24) is 4.57 Å². The zero-order valence-corrected chi connectivity index (χ0v) is 30.3. The molecule has 1 amide bonds. The van der Waals surface area contributed by atoms with Gasteiger partial charge in [-0.3, -0.25) is 4.79 Å². The molecule has 2 aromatic heterocycles. The number of carbonyl (C=O) groups is 2. The molecule has 1 fully saturated rings. The quantitative estimate of drug-likeness (QED) is 0.0785. The second-order valence-corrected chi connectivity index (χ2v) is 15.6. The van der Waals surface area contributed by atoms with E-state index in [1.165, 1.54) is 29.0 Å². The minimum Gasteiger partial charge on any atom is -0.619 e. The van der Waals surface area contributed by atoms with E-state index in [2.05, 4.69) is 4.74 Å². The van der Waals surface area contributed by atoms with Crippen LogP contribution in [0.15, 0.2) is 61.1 Å². The van der Waals surface area contributed by atoms with Crippen molar-refractivity contribution < 1.29 is 50.5 Å². The van der Waals surface area contributed by atoms with Crippen LogP contribution in [-0.4, -0.2) is 50.1 Å². The molecule has 0 radical (unpaired) electrons. The molecule has 1 aliphatic rings. The summed E-state index contributed by atoms with van der Waals surface area (Å²) in [5.74, 6) is -0.745. The van der Waals surface area contributed by atoms with Crippen molar-refractivity contribution in [3.8, 4) is 11.5 Å². The van der Waals surface area contributed by atoms with Crippen molar-refractivity contribution in [2.24, 2.45) is 5.92 Å². The Bertz CT molecular complexity index is 2030. The number of hydrogen-bond donors (Lipinski definition) is 0. The normalized spacial score (nSPS) is 14.0. The van der Waals surface area contributed by atoms with Crippen LogP contribution in [0.25, 0.3) is 10.9 Å². The standard InChI is InChI=1S/C34H35Cl2F2N3O9S/c1-34(2,3)50-33(43)41(51(4,45)46)27-17-39(26-8-6-5-7-22(26)27)18-31(42)48-29(14-23-24(35)15-40(44)16-25(23)36)21-11-12-28(49-32(37)38)30(13-21)47-19-20-9-10-20/h5-8,11-13,15-17,20,29,32H,9-10,14,18-19H2,1-4H3. The second-order valence-electron chi connectivity index (χ2n) is 13.0. The molecule has 1 saturated carbocycles. The number of fused-ring (bicyclic) bond motifs is 1. The molecular formula is C34H35Cl2F2N3O9S. The van der Waals surface area contributed by atoms with Crippen molar-refractivity contribution in [2.75, 3.05) is 17.2 Å². The summed E-state index contributed by atoms with van der Waals surface area (Å²) in [5, 5.41) is 12.2. The number of amides is 1. The highest BCUT2D eigenvalue weighted by molar-refractivity contribution is 7.92. The number of anilines is 1. The van der Waals surface area contributed by atoms with Gasteiger partial charge in [-0.05, 0) is 63.3 Å². The average Bonchev–Trinajstić information content (AvgIpc) is 3.78. The van der Waals surface area contributed by atoms with Crippen molar-refractivity contribution >= 4 is 61.9 Å². The molecule has 5 rings (SSSR count). The van der Waals surface area contributed by atoms with Gasteiger partial charge in [-0.25, -0.2) is 13.2 Å². The van der Waals surface area contributed by atoms with E-state index in [0.717, 1.165) is 31.5 Å². The lowest BCUT2D eigenvalue weighted by molar-refractivity contribution is -0.605. The third-order valence-corrected chi connectivity index (χ3v) is 9.29. The summed E-state index contributed by atoms with van der Waals surface area (Å²) in [6, 6.07) is 10.6. The molecule has 0 N–H and O–H groups in total. The highest BCUT2D eigenvalue weighted by Crippen LogP contribution is 2.38. The topological polar surface area (TPSA) is 140 Å². The number of carbonyl (C=O) groups excluding carboxylic acids is 2. The number of alkyl halides is 2. The van der Waals surface area contributed by atoms with Gasteiger partial charge in [-0.2, -0.15) is 17.8 Å². The fourth-order valence-electron chi connectivity index (χ4n) is 5.23. The summed E-state index contributed by atoms with van der Waals surface area (Å²) in [6.45, 7) is 1.47. The molecule has 274 valence electrons. The first-order valence-electron chi connectivity index (χ1n) is 15.7. The molecule has 0 saturated heterocycles. The van der Waals surface area contributed by atoms with E-state index in [9.17, 15) is 32.0 Å². The lowest BCUT2D eigenvalue weighted by Crippen LogP contribution is -2.40. The molecule has 1 unspecified atom stereocenters. The van der Waals surface area contributed by atoms with Crippen LogP contribution in [0, 0.1) is 11.1 Å². The van der Waals surface area contributed by atoms with Crippen LogP contribution in [-0.2, 0) is 37.3 Å². The number of benzene rings is 2. The SMILES string of the molecule is CC(C)(C)OC(=O)N(c1cn(CC(=O)OC(Cc2c(Cl)c[n+]([O-])cc2Cl)c2ccc(OC(F)F)c(OCC3CC3)c2)c2ccccc12)S(C)(=O)=O. The summed E-state index contributed by atoms with van der Waals surface area (Å²) in [7, 11) is -4.21. The van der Waals surface area contributed by atoms with Crippen LogP contribution in [0.1, 0.15) is 50.8 Å². The Balaban J connectivity index is 1.51. The minimum absolute atomic E-state index is 0.00691. The highest BCUT2D eigenvalue weighted by atomic mass is 35.5. The zero-order chi connectivity index (χ0) is 37.2. The van der Waals surface area contributed by atoms with Gasteiger partial charge < -0.3 is 28.7 Å². The second kappa shape index (κ2) is 15.1. The van der Waals surface area contributed by atoms with Crippen LogP contribution in [0.3, 0.4) is 0 Å². The van der Waals surface area contributed by atoms with Crippen molar-refractivity contribution in [3.05, 3.63) is 87.4 Å². The molecule has 1 atom stereocenters. The molecule has 4 aromatic rings. The minimum atomic E-state index is -4.21. The Kier molecular flexibility index (Phi) is 11.2. The van der Waals surface area contributed by atoms with E-state index in [1.807, 2.05) is 0 Å². The van der Waals surface area contributed by atoms with E-state index < -0.39 is 46.9 Å². The molecule has 17 heteroatoms. The van der Waals surface area contributed by atoms with Crippen molar-refractivity contribution in [2.45, 2.75) is 64.9 Å². The fraction of sp³-hybridized carbons (Fsp3) is 0.382. The summed E-state index contributed by atoms with van der Waals surface area (Å²) < 4.78 is 76.5. The van der Waals surface area contributed by atoms with Gasteiger partial charge >= 0.3 is 18.7 Å². The lowest BCUT2D eigenvalue weighted by atomic mass is 10.0. The fourth-order valence-corrected chi connectivity index (χ4v) is 6.64. The van der Waals surface area contributed by atoms with Crippen LogP contribution >= 0.6 is 23.2 Å². The number of sulfonamides is 1. The smallest absolute Gasteiger partial charge is 0.428 e.